The third kappa shape index (κ3) is 2.44. The van der Waals surface area contributed by atoms with E-state index in [4.69, 9.17) is 0 Å². The molecule has 4 nitrogen and oxygen atoms in total. The maximum atomic E-state index is 4.40. The summed E-state index contributed by atoms with van der Waals surface area (Å²) in [5.74, 6) is 0. The normalized spacial score (nSPS) is 16.8. The molecular formula is C12H22N4. The molecule has 0 aliphatic carbocycles. The molecule has 90 valence electrons. The first-order chi connectivity index (χ1) is 7.70. The summed E-state index contributed by atoms with van der Waals surface area (Å²) in [4.78, 5) is 2.57. The number of nitrogens with zero attached hydrogens (tertiary/aromatic N) is 3. The summed E-state index contributed by atoms with van der Waals surface area (Å²) in [6.45, 7) is 8.84. The van der Waals surface area contributed by atoms with Gasteiger partial charge in [-0.15, -0.1) is 0 Å². The summed E-state index contributed by atoms with van der Waals surface area (Å²) in [7, 11) is 1.99. The van der Waals surface area contributed by atoms with Gasteiger partial charge in [-0.25, -0.2) is 0 Å². The standard InChI is InChI=1S/C12H22N4/c1-4-5-16(12-6-13-7-12)9-11-8-15(3)14-10(11)2/h8,12-13H,4-7,9H2,1-3H3. The summed E-state index contributed by atoms with van der Waals surface area (Å²) < 4.78 is 1.91. The predicted molar refractivity (Wildman–Crippen MR) is 65.3 cm³/mol. The van der Waals surface area contributed by atoms with E-state index in [1.165, 1.54) is 18.5 Å². The Labute approximate surface area is 97.6 Å². The van der Waals surface area contributed by atoms with Gasteiger partial charge in [0.05, 0.1) is 5.69 Å². The van der Waals surface area contributed by atoms with Crippen molar-refractivity contribution in [2.24, 2.45) is 7.05 Å². The molecule has 0 amide bonds. The van der Waals surface area contributed by atoms with Crippen LogP contribution in [0.3, 0.4) is 0 Å². The van der Waals surface area contributed by atoms with E-state index in [9.17, 15) is 0 Å². The molecule has 0 spiro atoms. The summed E-state index contributed by atoms with van der Waals surface area (Å²) in [5.41, 5.74) is 2.53. The van der Waals surface area contributed by atoms with Crippen molar-refractivity contribution in [1.82, 2.24) is 20.0 Å². The summed E-state index contributed by atoms with van der Waals surface area (Å²) >= 11 is 0. The minimum absolute atomic E-state index is 0.722. The number of hydrogen-bond donors (Lipinski definition) is 1. The minimum Gasteiger partial charge on any atom is -0.314 e. The first-order valence-electron chi connectivity index (χ1n) is 6.14. The second-order valence-electron chi connectivity index (χ2n) is 4.70. The molecule has 1 aromatic heterocycles. The van der Waals surface area contributed by atoms with Crippen molar-refractivity contribution in [3.63, 3.8) is 0 Å². The quantitative estimate of drug-likeness (QED) is 0.804. The second kappa shape index (κ2) is 4.97. The smallest absolute Gasteiger partial charge is 0.0638 e. The zero-order valence-corrected chi connectivity index (χ0v) is 10.5. The van der Waals surface area contributed by atoms with E-state index in [1.807, 2.05) is 11.7 Å². The third-order valence-corrected chi connectivity index (χ3v) is 3.28. The van der Waals surface area contributed by atoms with Crippen LogP contribution in [0, 0.1) is 6.92 Å². The van der Waals surface area contributed by atoms with Crippen LogP contribution in [-0.2, 0) is 13.6 Å². The van der Waals surface area contributed by atoms with Crippen LogP contribution >= 0.6 is 0 Å². The molecule has 0 radical (unpaired) electrons. The number of hydrogen-bond acceptors (Lipinski definition) is 3. The van der Waals surface area contributed by atoms with E-state index in [1.54, 1.807) is 0 Å². The van der Waals surface area contributed by atoms with Crippen LogP contribution in [0.5, 0.6) is 0 Å². The predicted octanol–water partition coefficient (Wildman–Crippen LogP) is 0.912. The lowest BCUT2D eigenvalue weighted by molar-refractivity contribution is 0.137. The first kappa shape index (κ1) is 11.6. The van der Waals surface area contributed by atoms with Gasteiger partial charge >= 0.3 is 0 Å². The van der Waals surface area contributed by atoms with Gasteiger partial charge in [0.1, 0.15) is 0 Å². The van der Waals surface area contributed by atoms with Crippen molar-refractivity contribution in [2.75, 3.05) is 19.6 Å². The zero-order chi connectivity index (χ0) is 11.5. The monoisotopic (exact) mass is 222 g/mol. The second-order valence-corrected chi connectivity index (χ2v) is 4.70. The van der Waals surface area contributed by atoms with E-state index < -0.39 is 0 Å². The van der Waals surface area contributed by atoms with E-state index in [2.05, 4.69) is 35.4 Å². The number of aromatic nitrogens is 2. The van der Waals surface area contributed by atoms with Gasteiger partial charge in [0.15, 0.2) is 0 Å². The molecule has 1 aromatic rings. The fraction of sp³-hybridized carbons (Fsp3) is 0.750. The SMILES string of the molecule is CCCN(Cc1cn(C)nc1C)C1CNC1. The maximum absolute atomic E-state index is 4.40. The maximum Gasteiger partial charge on any atom is 0.0638 e. The van der Waals surface area contributed by atoms with E-state index >= 15 is 0 Å². The topological polar surface area (TPSA) is 33.1 Å². The molecule has 0 saturated carbocycles. The fourth-order valence-electron chi connectivity index (χ4n) is 2.23. The molecule has 16 heavy (non-hydrogen) atoms. The molecule has 1 aliphatic rings. The highest BCUT2D eigenvalue weighted by Gasteiger charge is 2.24. The molecule has 4 heteroatoms. The Kier molecular flexibility index (Phi) is 3.61. The van der Waals surface area contributed by atoms with Crippen LogP contribution < -0.4 is 5.32 Å². The van der Waals surface area contributed by atoms with Gasteiger partial charge in [0, 0.05) is 44.5 Å². The Morgan fingerprint density at radius 1 is 1.56 bits per heavy atom. The highest BCUT2D eigenvalue weighted by Crippen LogP contribution is 2.14. The molecule has 0 unspecified atom stereocenters. The first-order valence-corrected chi connectivity index (χ1v) is 6.14. The van der Waals surface area contributed by atoms with Gasteiger partial charge in [0.2, 0.25) is 0 Å². The van der Waals surface area contributed by atoms with Crippen LogP contribution in [0.2, 0.25) is 0 Å². The highest BCUT2D eigenvalue weighted by molar-refractivity contribution is 5.15. The average molecular weight is 222 g/mol. The molecular weight excluding hydrogens is 200 g/mol. The number of nitrogens with one attached hydrogen (secondary N) is 1. The van der Waals surface area contributed by atoms with Crippen LogP contribution in [-0.4, -0.2) is 40.4 Å². The van der Waals surface area contributed by atoms with E-state index in [0.29, 0.717) is 0 Å². The molecule has 0 atom stereocenters. The van der Waals surface area contributed by atoms with Gasteiger partial charge in [0.25, 0.3) is 0 Å². The van der Waals surface area contributed by atoms with Crippen molar-refractivity contribution < 1.29 is 0 Å². The molecule has 2 rings (SSSR count). The van der Waals surface area contributed by atoms with E-state index in [-0.39, 0.29) is 0 Å². The Balaban J connectivity index is 2.01. The van der Waals surface area contributed by atoms with Crippen LogP contribution in [0.1, 0.15) is 24.6 Å². The van der Waals surface area contributed by atoms with Crippen molar-refractivity contribution in [3.8, 4) is 0 Å². The number of aryl methyl sites for hydroxylation is 2. The van der Waals surface area contributed by atoms with Gasteiger partial charge in [-0.05, 0) is 19.9 Å². The molecule has 1 aliphatic heterocycles. The van der Waals surface area contributed by atoms with Crippen LogP contribution in [0.25, 0.3) is 0 Å². The van der Waals surface area contributed by atoms with Gasteiger partial charge in [-0.3, -0.25) is 9.58 Å². The third-order valence-electron chi connectivity index (χ3n) is 3.28. The Morgan fingerprint density at radius 2 is 2.31 bits per heavy atom. The van der Waals surface area contributed by atoms with Crippen LogP contribution in [0.15, 0.2) is 6.20 Å². The van der Waals surface area contributed by atoms with Crippen molar-refractivity contribution in [2.45, 2.75) is 32.9 Å². The van der Waals surface area contributed by atoms with Gasteiger partial charge in [-0.1, -0.05) is 6.92 Å². The van der Waals surface area contributed by atoms with Crippen molar-refractivity contribution in [1.29, 1.82) is 0 Å². The fourth-order valence-corrected chi connectivity index (χ4v) is 2.23. The Bertz CT molecular complexity index is 341. The molecule has 1 N–H and O–H groups in total. The van der Waals surface area contributed by atoms with E-state index in [0.717, 1.165) is 31.4 Å². The number of rotatable bonds is 5. The molecule has 1 saturated heterocycles. The van der Waals surface area contributed by atoms with Crippen LogP contribution in [0.4, 0.5) is 0 Å². The average Bonchev–Trinajstić information content (AvgIpc) is 2.42. The molecule has 2 heterocycles. The Hall–Kier alpha value is -0.870. The Morgan fingerprint density at radius 3 is 2.75 bits per heavy atom. The lowest BCUT2D eigenvalue weighted by Gasteiger charge is -2.38. The van der Waals surface area contributed by atoms with Crippen molar-refractivity contribution in [3.05, 3.63) is 17.5 Å². The lowest BCUT2D eigenvalue weighted by Crippen LogP contribution is -2.57. The summed E-state index contributed by atoms with van der Waals surface area (Å²) in [6.07, 6.45) is 3.36. The highest BCUT2D eigenvalue weighted by atomic mass is 15.3. The summed E-state index contributed by atoms with van der Waals surface area (Å²) in [5, 5.41) is 7.75. The zero-order valence-electron chi connectivity index (χ0n) is 10.5. The largest absolute Gasteiger partial charge is 0.314 e. The molecule has 0 bridgehead atoms. The van der Waals surface area contributed by atoms with Gasteiger partial charge in [-0.2, -0.15) is 5.10 Å². The minimum atomic E-state index is 0.722. The lowest BCUT2D eigenvalue weighted by atomic mass is 10.1. The molecule has 1 fully saturated rings. The molecule has 0 aromatic carbocycles. The van der Waals surface area contributed by atoms with Crippen molar-refractivity contribution >= 4 is 0 Å². The summed E-state index contributed by atoms with van der Waals surface area (Å²) in [6, 6.07) is 0.722. The van der Waals surface area contributed by atoms with Gasteiger partial charge < -0.3 is 5.32 Å².